The molecule has 2 amide bonds. The van der Waals surface area contributed by atoms with Gasteiger partial charge in [-0.2, -0.15) is 0 Å². The van der Waals surface area contributed by atoms with E-state index in [9.17, 15) is 9.59 Å². The zero-order valence-corrected chi connectivity index (χ0v) is 18.2. The highest BCUT2D eigenvalue weighted by Gasteiger charge is 2.27. The number of benzene rings is 1. The summed E-state index contributed by atoms with van der Waals surface area (Å²) in [6, 6.07) is 8.67. The van der Waals surface area contributed by atoms with Gasteiger partial charge in [-0.15, -0.1) is 20.4 Å². The summed E-state index contributed by atoms with van der Waals surface area (Å²) in [5, 5.41) is 24.3. The second kappa shape index (κ2) is 8.92. The molecule has 9 nitrogen and oxygen atoms in total. The number of hydrogen-bond donors (Lipinski definition) is 2. The topological polar surface area (TPSA) is 115 Å². The minimum Gasteiger partial charge on any atom is -0.342 e. The monoisotopic (exact) mass is 443 g/mol. The molecule has 0 unspecified atom stereocenters. The lowest BCUT2D eigenvalue weighted by molar-refractivity contribution is -0.113. The molecule has 0 radical (unpaired) electrons. The lowest BCUT2D eigenvalue weighted by atomic mass is 10.2. The first-order valence-electron chi connectivity index (χ1n) is 9.52. The van der Waals surface area contributed by atoms with Gasteiger partial charge in [0.25, 0.3) is 5.91 Å². The molecule has 156 valence electrons. The van der Waals surface area contributed by atoms with Crippen molar-refractivity contribution in [2.24, 2.45) is 7.05 Å². The van der Waals surface area contributed by atoms with E-state index >= 15 is 0 Å². The molecule has 1 aliphatic carbocycles. The molecule has 2 aromatic heterocycles. The summed E-state index contributed by atoms with van der Waals surface area (Å²) in [5.41, 5.74) is 0.583. The summed E-state index contributed by atoms with van der Waals surface area (Å²) < 4.78 is 1.78. The van der Waals surface area contributed by atoms with Crippen LogP contribution in [0, 0.1) is 0 Å². The van der Waals surface area contributed by atoms with E-state index in [1.54, 1.807) is 16.7 Å². The van der Waals surface area contributed by atoms with Crippen LogP contribution in [0.1, 0.15) is 52.9 Å². The smallest absolute Gasteiger partial charge is 0.251 e. The first kappa shape index (κ1) is 20.5. The highest BCUT2D eigenvalue weighted by Crippen LogP contribution is 2.42. The number of rotatable bonds is 8. The Morgan fingerprint density at radius 2 is 1.97 bits per heavy atom. The highest BCUT2D eigenvalue weighted by atomic mass is 32.2. The average molecular weight is 444 g/mol. The molecule has 0 spiro atoms. The molecule has 11 heteroatoms. The zero-order chi connectivity index (χ0) is 21.1. The zero-order valence-electron chi connectivity index (χ0n) is 16.5. The maximum atomic E-state index is 12.3. The molecule has 4 rings (SSSR count). The normalized spacial score (nSPS) is 14.3. The van der Waals surface area contributed by atoms with Crippen LogP contribution in [0.15, 0.2) is 35.5 Å². The Hall–Kier alpha value is -2.79. The highest BCUT2D eigenvalue weighted by molar-refractivity contribution is 7.99. The van der Waals surface area contributed by atoms with E-state index in [0.29, 0.717) is 27.6 Å². The maximum absolute atomic E-state index is 12.3. The van der Waals surface area contributed by atoms with Gasteiger partial charge < -0.3 is 9.88 Å². The third-order valence-corrected chi connectivity index (χ3v) is 6.61. The summed E-state index contributed by atoms with van der Waals surface area (Å²) in [5.74, 6) is 0.954. The van der Waals surface area contributed by atoms with Gasteiger partial charge in [-0.25, -0.2) is 0 Å². The molecule has 2 N–H and O–H groups in total. The Kier molecular flexibility index (Phi) is 6.09. The van der Waals surface area contributed by atoms with Crippen LogP contribution in [0.3, 0.4) is 0 Å². The molecule has 0 aliphatic heterocycles. The van der Waals surface area contributed by atoms with Gasteiger partial charge in [0.05, 0.1) is 11.8 Å². The molecule has 2 heterocycles. The minimum atomic E-state index is -0.333. The predicted octanol–water partition coefficient (Wildman–Crippen LogP) is 2.77. The Bertz CT molecular complexity index is 1050. The van der Waals surface area contributed by atoms with Crippen molar-refractivity contribution < 1.29 is 9.59 Å². The van der Waals surface area contributed by atoms with Crippen molar-refractivity contribution in [2.75, 3.05) is 11.1 Å². The van der Waals surface area contributed by atoms with E-state index in [-0.39, 0.29) is 23.6 Å². The standard InChI is InChI=1S/C19H21N7O2S2/c1-11(20-16(28)12-6-4-3-5-7-12)15-22-25-19(26(15)2)29-10-14(27)21-18-24-23-17(30-18)13-8-9-13/h3-7,11,13H,8-10H2,1-2H3,(H,20,28)(H,21,24,27)/t11-/m0/s1. The molecule has 1 aromatic carbocycles. The summed E-state index contributed by atoms with van der Waals surface area (Å²) in [7, 11) is 1.81. The Morgan fingerprint density at radius 3 is 2.70 bits per heavy atom. The Labute approximate surface area is 181 Å². The molecule has 1 atom stereocenters. The van der Waals surface area contributed by atoms with Crippen LogP contribution < -0.4 is 10.6 Å². The SMILES string of the molecule is C[C@H](NC(=O)c1ccccc1)c1nnc(SCC(=O)Nc2nnc(C3CC3)s2)n1C. The van der Waals surface area contributed by atoms with Gasteiger partial charge in [0.2, 0.25) is 11.0 Å². The minimum absolute atomic E-state index is 0.173. The third kappa shape index (κ3) is 4.85. The van der Waals surface area contributed by atoms with Gasteiger partial charge >= 0.3 is 0 Å². The Balaban J connectivity index is 1.31. The molecule has 0 saturated heterocycles. The van der Waals surface area contributed by atoms with Gasteiger partial charge in [-0.3, -0.25) is 14.9 Å². The molecular weight excluding hydrogens is 422 g/mol. The third-order valence-electron chi connectivity index (χ3n) is 4.59. The van der Waals surface area contributed by atoms with Crippen molar-refractivity contribution in [3.63, 3.8) is 0 Å². The maximum Gasteiger partial charge on any atom is 0.251 e. The number of aromatic nitrogens is 5. The second-order valence-corrected chi connectivity index (χ2v) is 8.97. The number of carbonyl (C=O) groups excluding carboxylic acids is 2. The number of amides is 2. The quantitative estimate of drug-likeness (QED) is 0.515. The van der Waals surface area contributed by atoms with Gasteiger partial charge in [0.1, 0.15) is 5.01 Å². The summed E-state index contributed by atoms with van der Waals surface area (Å²) in [6.07, 6.45) is 2.30. The number of carbonyl (C=O) groups is 2. The molecule has 3 aromatic rings. The average Bonchev–Trinajstić information content (AvgIpc) is 3.38. The molecule has 0 bridgehead atoms. The molecule has 1 aliphatic rings. The fourth-order valence-corrected chi connectivity index (χ4v) is 4.48. The number of nitrogens with zero attached hydrogens (tertiary/aromatic N) is 5. The number of hydrogen-bond acceptors (Lipinski definition) is 8. The van der Waals surface area contributed by atoms with Gasteiger partial charge in [0, 0.05) is 18.5 Å². The van der Waals surface area contributed by atoms with E-state index in [2.05, 4.69) is 31.0 Å². The molecule has 1 saturated carbocycles. The molecule has 1 fully saturated rings. The first-order chi connectivity index (χ1) is 14.5. The van der Waals surface area contributed by atoms with Crippen LogP contribution in [0.25, 0.3) is 0 Å². The first-order valence-corrected chi connectivity index (χ1v) is 11.3. The van der Waals surface area contributed by atoms with Gasteiger partial charge in [-0.1, -0.05) is 41.3 Å². The number of nitrogens with one attached hydrogen (secondary N) is 2. The fraction of sp³-hybridized carbons (Fsp3) is 0.368. The molecular formula is C19H21N7O2S2. The van der Waals surface area contributed by atoms with Crippen molar-refractivity contribution in [1.29, 1.82) is 0 Å². The Morgan fingerprint density at radius 1 is 1.20 bits per heavy atom. The largest absolute Gasteiger partial charge is 0.342 e. The fourth-order valence-electron chi connectivity index (χ4n) is 2.83. The van der Waals surface area contributed by atoms with Crippen LogP contribution in [0.5, 0.6) is 0 Å². The summed E-state index contributed by atoms with van der Waals surface area (Å²) >= 11 is 2.71. The molecule has 30 heavy (non-hydrogen) atoms. The van der Waals surface area contributed by atoms with Crippen molar-refractivity contribution in [1.82, 2.24) is 30.3 Å². The van der Waals surface area contributed by atoms with Crippen LogP contribution >= 0.6 is 23.1 Å². The van der Waals surface area contributed by atoms with E-state index < -0.39 is 0 Å². The van der Waals surface area contributed by atoms with Crippen LogP contribution in [-0.2, 0) is 11.8 Å². The summed E-state index contributed by atoms with van der Waals surface area (Å²) in [6.45, 7) is 1.85. The lowest BCUT2D eigenvalue weighted by Gasteiger charge is -2.13. The van der Waals surface area contributed by atoms with Crippen molar-refractivity contribution >= 4 is 40.0 Å². The van der Waals surface area contributed by atoms with E-state index in [0.717, 1.165) is 17.8 Å². The van der Waals surface area contributed by atoms with Gasteiger partial charge in [0.15, 0.2) is 11.0 Å². The number of thioether (sulfide) groups is 1. The van der Waals surface area contributed by atoms with Crippen LogP contribution in [0.4, 0.5) is 5.13 Å². The van der Waals surface area contributed by atoms with Gasteiger partial charge in [-0.05, 0) is 31.9 Å². The van der Waals surface area contributed by atoms with Crippen molar-refractivity contribution in [3.05, 3.63) is 46.7 Å². The predicted molar refractivity (Wildman–Crippen MR) is 115 cm³/mol. The second-order valence-electron chi connectivity index (χ2n) is 7.02. The summed E-state index contributed by atoms with van der Waals surface area (Å²) in [4.78, 5) is 24.6. The van der Waals surface area contributed by atoms with Crippen LogP contribution in [0.2, 0.25) is 0 Å². The van der Waals surface area contributed by atoms with E-state index in [4.69, 9.17) is 0 Å². The lowest BCUT2D eigenvalue weighted by Crippen LogP contribution is -2.28. The van der Waals surface area contributed by atoms with E-state index in [1.165, 1.54) is 23.1 Å². The van der Waals surface area contributed by atoms with Crippen molar-refractivity contribution in [3.8, 4) is 0 Å². The number of anilines is 1. The van der Waals surface area contributed by atoms with E-state index in [1.807, 2.05) is 32.2 Å². The van der Waals surface area contributed by atoms with Crippen LogP contribution in [-0.4, -0.2) is 42.5 Å². The van der Waals surface area contributed by atoms with Crippen molar-refractivity contribution in [2.45, 2.75) is 36.9 Å².